The van der Waals surface area contributed by atoms with E-state index in [2.05, 4.69) is 21.0 Å². The topological polar surface area (TPSA) is 50.9 Å². The molecule has 0 aromatic carbocycles. The van der Waals surface area contributed by atoms with E-state index >= 15 is 0 Å². The Kier molecular flexibility index (Phi) is 3.66. The van der Waals surface area contributed by atoms with Gasteiger partial charge in [-0.05, 0) is 25.8 Å². The number of nitrogens with zero attached hydrogens (tertiary/aromatic N) is 3. The molecule has 1 saturated carbocycles. The van der Waals surface area contributed by atoms with Crippen molar-refractivity contribution in [1.82, 2.24) is 14.8 Å². The van der Waals surface area contributed by atoms with Gasteiger partial charge in [-0.1, -0.05) is 12.8 Å². The van der Waals surface area contributed by atoms with E-state index in [4.69, 9.17) is 0 Å². The largest absolute Gasteiger partial charge is 0.387 e. The summed E-state index contributed by atoms with van der Waals surface area (Å²) in [6, 6.07) is 2.59. The standard InChI is InChI=1S/C14H19N3OS/c1-10-14(19-9-15-10)13(18)8-11-6-7-17(16-11)12-4-2-3-5-12/h6-7,9,12-13,18H,2-5,8H2,1H3. The van der Waals surface area contributed by atoms with Crippen LogP contribution in [-0.2, 0) is 6.42 Å². The van der Waals surface area contributed by atoms with Crippen LogP contribution in [0.15, 0.2) is 17.8 Å². The summed E-state index contributed by atoms with van der Waals surface area (Å²) in [7, 11) is 0. The number of rotatable bonds is 4. The Morgan fingerprint density at radius 1 is 1.47 bits per heavy atom. The van der Waals surface area contributed by atoms with Gasteiger partial charge in [0.1, 0.15) is 0 Å². The van der Waals surface area contributed by atoms with Crippen LogP contribution < -0.4 is 0 Å². The van der Waals surface area contributed by atoms with Crippen LogP contribution in [0.25, 0.3) is 0 Å². The highest BCUT2D eigenvalue weighted by atomic mass is 32.1. The van der Waals surface area contributed by atoms with Gasteiger partial charge in [0, 0.05) is 12.6 Å². The van der Waals surface area contributed by atoms with Crippen molar-refractivity contribution < 1.29 is 5.11 Å². The normalized spacial score (nSPS) is 18.0. The van der Waals surface area contributed by atoms with Crippen LogP contribution in [-0.4, -0.2) is 19.9 Å². The zero-order chi connectivity index (χ0) is 13.2. The molecule has 4 nitrogen and oxygen atoms in total. The Morgan fingerprint density at radius 3 is 2.95 bits per heavy atom. The molecule has 1 aliphatic rings. The van der Waals surface area contributed by atoms with Crippen LogP contribution >= 0.6 is 11.3 Å². The molecule has 1 unspecified atom stereocenters. The molecule has 1 atom stereocenters. The quantitative estimate of drug-likeness (QED) is 0.934. The molecule has 0 bridgehead atoms. The molecule has 2 aromatic rings. The molecule has 1 N–H and O–H groups in total. The Morgan fingerprint density at radius 2 is 2.26 bits per heavy atom. The third kappa shape index (κ3) is 2.72. The maximum absolute atomic E-state index is 10.2. The molecule has 0 spiro atoms. The minimum Gasteiger partial charge on any atom is -0.387 e. The molecule has 2 heterocycles. The predicted molar refractivity (Wildman–Crippen MR) is 75.2 cm³/mol. The molecule has 0 saturated heterocycles. The fourth-order valence-electron chi connectivity index (χ4n) is 2.78. The molecule has 2 aromatic heterocycles. The van der Waals surface area contributed by atoms with E-state index in [1.807, 2.05) is 13.0 Å². The van der Waals surface area contributed by atoms with Crippen molar-refractivity contribution in [3.63, 3.8) is 0 Å². The molecule has 0 aliphatic heterocycles. The second-order valence-electron chi connectivity index (χ2n) is 5.25. The SMILES string of the molecule is Cc1ncsc1C(O)Cc1ccn(C2CCCC2)n1. The van der Waals surface area contributed by atoms with E-state index in [9.17, 15) is 5.11 Å². The Labute approximate surface area is 117 Å². The zero-order valence-electron chi connectivity index (χ0n) is 11.1. The van der Waals surface area contributed by atoms with Crippen LogP contribution in [0.2, 0.25) is 0 Å². The van der Waals surface area contributed by atoms with Crippen molar-refractivity contribution in [1.29, 1.82) is 0 Å². The predicted octanol–water partition coefficient (Wildman–Crippen LogP) is 3.04. The fraction of sp³-hybridized carbons (Fsp3) is 0.571. The summed E-state index contributed by atoms with van der Waals surface area (Å²) in [5.74, 6) is 0. The average molecular weight is 277 g/mol. The van der Waals surface area contributed by atoms with Gasteiger partial charge in [0.25, 0.3) is 0 Å². The van der Waals surface area contributed by atoms with Crippen molar-refractivity contribution in [3.05, 3.63) is 34.0 Å². The molecular weight excluding hydrogens is 258 g/mol. The molecule has 19 heavy (non-hydrogen) atoms. The summed E-state index contributed by atoms with van der Waals surface area (Å²) in [4.78, 5) is 5.13. The lowest BCUT2D eigenvalue weighted by Gasteiger charge is -2.10. The number of thiazole rings is 1. The van der Waals surface area contributed by atoms with Crippen LogP contribution in [0.5, 0.6) is 0 Å². The zero-order valence-corrected chi connectivity index (χ0v) is 11.9. The molecule has 102 valence electrons. The maximum Gasteiger partial charge on any atom is 0.0956 e. The first-order valence-corrected chi connectivity index (χ1v) is 7.74. The van der Waals surface area contributed by atoms with Gasteiger partial charge in [-0.15, -0.1) is 11.3 Å². The van der Waals surface area contributed by atoms with E-state index in [-0.39, 0.29) is 0 Å². The Bertz CT molecular complexity index is 542. The maximum atomic E-state index is 10.2. The molecule has 1 aliphatic carbocycles. The summed E-state index contributed by atoms with van der Waals surface area (Å²) >= 11 is 1.51. The van der Waals surface area contributed by atoms with Gasteiger partial charge in [0.15, 0.2) is 0 Å². The number of hydrogen-bond donors (Lipinski definition) is 1. The van der Waals surface area contributed by atoms with Crippen molar-refractivity contribution in [2.24, 2.45) is 0 Å². The van der Waals surface area contributed by atoms with Crippen molar-refractivity contribution in [3.8, 4) is 0 Å². The van der Waals surface area contributed by atoms with E-state index in [0.29, 0.717) is 12.5 Å². The van der Waals surface area contributed by atoms with Crippen molar-refractivity contribution in [2.75, 3.05) is 0 Å². The molecular formula is C14H19N3OS. The third-order valence-electron chi connectivity index (χ3n) is 3.85. The highest BCUT2D eigenvalue weighted by Gasteiger charge is 2.19. The Hall–Kier alpha value is -1.20. The van der Waals surface area contributed by atoms with Crippen LogP contribution in [0.1, 0.15) is 54.1 Å². The molecule has 1 fully saturated rings. The summed E-state index contributed by atoms with van der Waals surface area (Å²) in [6.45, 7) is 1.94. The number of hydrogen-bond acceptors (Lipinski definition) is 4. The molecule has 0 amide bonds. The highest BCUT2D eigenvalue weighted by molar-refractivity contribution is 7.09. The monoisotopic (exact) mass is 277 g/mol. The Balaban J connectivity index is 1.68. The van der Waals surface area contributed by atoms with E-state index in [0.717, 1.165) is 16.3 Å². The van der Waals surface area contributed by atoms with E-state index < -0.39 is 6.10 Å². The van der Waals surface area contributed by atoms with Gasteiger partial charge < -0.3 is 5.11 Å². The molecule has 3 rings (SSSR count). The third-order valence-corrected chi connectivity index (χ3v) is 4.88. The molecule has 5 heteroatoms. The lowest BCUT2D eigenvalue weighted by molar-refractivity contribution is 0.179. The second-order valence-corrected chi connectivity index (χ2v) is 6.13. The minimum absolute atomic E-state index is 0.487. The summed E-state index contributed by atoms with van der Waals surface area (Å²) in [5.41, 5.74) is 3.67. The number of aliphatic hydroxyl groups is 1. The summed E-state index contributed by atoms with van der Waals surface area (Å²) in [5, 5.41) is 14.9. The minimum atomic E-state index is -0.487. The van der Waals surface area contributed by atoms with E-state index in [1.54, 1.807) is 5.51 Å². The van der Waals surface area contributed by atoms with Gasteiger partial charge in [0.05, 0.1) is 33.9 Å². The number of aryl methyl sites for hydroxylation is 1. The van der Waals surface area contributed by atoms with Crippen LogP contribution in [0, 0.1) is 6.92 Å². The van der Waals surface area contributed by atoms with E-state index in [1.165, 1.54) is 37.0 Å². The average Bonchev–Trinajstić information content (AvgIpc) is 3.07. The van der Waals surface area contributed by atoms with Gasteiger partial charge in [-0.2, -0.15) is 5.10 Å². The van der Waals surface area contributed by atoms with Gasteiger partial charge in [-0.25, -0.2) is 4.98 Å². The summed E-state index contributed by atoms with van der Waals surface area (Å²) in [6.07, 6.45) is 7.22. The first-order chi connectivity index (χ1) is 9.24. The van der Waals surface area contributed by atoms with Crippen molar-refractivity contribution in [2.45, 2.75) is 51.2 Å². The van der Waals surface area contributed by atoms with Gasteiger partial charge >= 0.3 is 0 Å². The highest BCUT2D eigenvalue weighted by Crippen LogP contribution is 2.29. The van der Waals surface area contributed by atoms with Crippen molar-refractivity contribution >= 4 is 11.3 Å². The van der Waals surface area contributed by atoms with Crippen LogP contribution in [0.4, 0.5) is 0 Å². The van der Waals surface area contributed by atoms with Gasteiger partial charge in [-0.3, -0.25) is 4.68 Å². The smallest absolute Gasteiger partial charge is 0.0956 e. The summed E-state index contributed by atoms with van der Waals surface area (Å²) < 4.78 is 2.08. The number of aliphatic hydroxyl groups excluding tert-OH is 1. The van der Waals surface area contributed by atoms with Gasteiger partial charge in [0.2, 0.25) is 0 Å². The second kappa shape index (κ2) is 5.43. The fourth-order valence-corrected chi connectivity index (χ4v) is 3.57. The molecule has 0 radical (unpaired) electrons. The first kappa shape index (κ1) is 12.8. The lowest BCUT2D eigenvalue weighted by atomic mass is 10.1. The van der Waals surface area contributed by atoms with Crippen LogP contribution in [0.3, 0.4) is 0 Å². The number of aromatic nitrogens is 3. The lowest BCUT2D eigenvalue weighted by Crippen LogP contribution is -2.07. The first-order valence-electron chi connectivity index (χ1n) is 6.86.